The van der Waals surface area contributed by atoms with Gasteiger partial charge >= 0.3 is 0 Å². The van der Waals surface area contributed by atoms with Crippen LogP contribution in [-0.4, -0.2) is 25.5 Å². The Morgan fingerprint density at radius 1 is 1.41 bits per heavy atom. The van der Waals surface area contributed by atoms with E-state index in [4.69, 9.17) is 0 Å². The summed E-state index contributed by atoms with van der Waals surface area (Å²) in [7, 11) is -3.11. The number of nitrogens with zero attached hydrogens (tertiary/aromatic N) is 1. The molecule has 2 rings (SSSR count). The van der Waals surface area contributed by atoms with Crippen LogP contribution in [0.5, 0.6) is 0 Å². The standard InChI is InChI=1S/C13H19NO2S/c1-4-13-12-6-5-10(2)9-11(12)7-8-14(13)17(3,15)16/h5-6,9,13H,4,7-8H2,1-3H3/t13-/m1/s1. The Hall–Kier alpha value is -0.870. The molecule has 0 radical (unpaired) electrons. The van der Waals surface area contributed by atoms with E-state index in [-0.39, 0.29) is 6.04 Å². The van der Waals surface area contributed by atoms with Crippen LogP contribution in [0, 0.1) is 6.92 Å². The molecule has 0 aromatic heterocycles. The van der Waals surface area contributed by atoms with E-state index in [9.17, 15) is 8.42 Å². The summed E-state index contributed by atoms with van der Waals surface area (Å²) in [5, 5.41) is 0. The predicted octanol–water partition coefficient (Wildman–Crippen LogP) is 2.26. The van der Waals surface area contributed by atoms with Gasteiger partial charge in [-0.2, -0.15) is 4.31 Å². The zero-order valence-electron chi connectivity index (χ0n) is 10.6. The third kappa shape index (κ3) is 2.38. The molecule has 0 saturated carbocycles. The van der Waals surface area contributed by atoms with Crippen LogP contribution in [0.25, 0.3) is 0 Å². The summed E-state index contributed by atoms with van der Waals surface area (Å²) in [6.45, 7) is 4.72. The molecule has 1 heterocycles. The topological polar surface area (TPSA) is 37.4 Å². The Balaban J connectivity index is 2.47. The second-order valence-electron chi connectivity index (χ2n) is 4.75. The zero-order valence-corrected chi connectivity index (χ0v) is 11.4. The highest BCUT2D eigenvalue weighted by atomic mass is 32.2. The molecule has 1 atom stereocenters. The predicted molar refractivity (Wildman–Crippen MR) is 69.5 cm³/mol. The van der Waals surface area contributed by atoms with Crippen molar-refractivity contribution in [3.05, 3.63) is 34.9 Å². The zero-order chi connectivity index (χ0) is 12.6. The van der Waals surface area contributed by atoms with Gasteiger partial charge in [0.15, 0.2) is 0 Å². The monoisotopic (exact) mass is 253 g/mol. The molecule has 0 saturated heterocycles. The molecule has 1 aliphatic heterocycles. The van der Waals surface area contributed by atoms with Gasteiger partial charge in [0.2, 0.25) is 10.0 Å². The van der Waals surface area contributed by atoms with Crippen LogP contribution in [0.1, 0.15) is 36.1 Å². The van der Waals surface area contributed by atoms with E-state index in [1.165, 1.54) is 22.9 Å². The first-order chi connectivity index (χ1) is 7.93. The summed E-state index contributed by atoms with van der Waals surface area (Å²) in [5.74, 6) is 0. The third-order valence-electron chi connectivity index (χ3n) is 3.42. The molecule has 4 heteroatoms. The highest BCUT2D eigenvalue weighted by Gasteiger charge is 2.31. The molecule has 0 bridgehead atoms. The third-order valence-corrected chi connectivity index (χ3v) is 4.71. The fraction of sp³-hybridized carbons (Fsp3) is 0.538. The van der Waals surface area contributed by atoms with E-state index in [2.05, 4.69) is 25.1 Å². The summed E-state index contributed by atoms with van der Waals surface area (Å²) < 4.78 is 25.1. The van der Waals surface area contributed by atoms with Crippen molar-refractivity contribution in [1.29, 1.82) is 0 Å². The highest BCUT2D eigenvalue weighted by molar-refractivity contribution is 7.88. The molecule has 0 aliphatic carbocycles. The van der Waals surface area contributed by atoms with E-state index in [0.29, 0.717) is 6.54 Å². The minimum atomic E-state index is -3.11. The normalized spacial score (nSPS) is 21.2. The first-order valence-electron chi connectivity index (χ1n) is 5.99. The smallest absolute Gasteiger partial charge is 0.211 e. The number of hydrogen-bond donors (Lipinski definition) is 0. The number of sulfonamides is 1. The van der Waals surface area contributed by atoms with Crippen molar-refractivity contribution in [2.45, 2.75) is 32.7 Å². The molecule has 0 spiro atoms. The maximum Gasteiger partial charge on any atom is 0.211 e. The average Bonchev–Trinajstić information content (AvgIpc) is 2.25. The van der Waals surface area contributed by atoms with Crippen LogP contribution in [-0.2, 0) is 16.4 Å². The Labute approximate surface area is 104 Å². The van der Waals surface area contributed by atoms with E-state index in [0.717, 1.165) is 12.8 Å². The molecule has 0 N–H and O–H groups in total. The Kier molecular flexibility index (Phi) is 3.27. The Morgan fingerprint density at radius 3 is 2.71 bits per heavy atom. The largest absolute Gasteiger partial charge is 0.212 e. The van der Waals surface area contributed by atoms with Gasteiger partial charge in [-0.3, -0.25) is 0 Å². The van der Waals surface area contributed by atoms with Crippen molar-refractivity contribution in [2.24, 2.45) is 0 Å². The number of rotatable bonds is 2. The lowest BCUT2D eigenvalue weighted by Crippen LogP contribution is -2.39. The van der Waals surface area contributed by atoms with Crippen LogP contribution in [0.4, 0.5) is 0 Å². The maximum absolute atomic E-state index is 11.8. The lowest BCUT2D eigenvalue weighted by Gasteiger charge is -2.35. The fourth-order valence-corrected chi connectivity index (χ4v) is 3.79. The van der Waals surface area contributed by atoms with Crippen LogP contribution in [0.2, 0.25) is 0 Å². The maximum atomic E-state index is 11.8. The number of benzene rings is 1. The fourth-order valence-electron chi connectivity index (χ4n) is 2.64. The molecule has 17 heavy (non-hydrogen) atoms. The van der Waals surface area contributed by atoms with Crippen molar-refractivity contribution in [3.8, 4) is 0 Å². The lowest BCUT2D eigenvalue weighted by molar-refractivity contribution is 0.303. The molecule has 1 aromatic carbocycles. The van der Waals surface area contributed by atoms with Crippen LogP contribution in [0.15, 0.2) is 18.2 Å². The van der Waals surface area contributed by atoms with Gasteiger partial charge in [0.05, 0.1) is 6.26 Å². The highest BCUT2D eigenvalue weighted by Crippen LogP contribution is 2.34. The van der Waals surface area contributed by atoms with Gasteiger partial charge in [-0.1, -0.05) is 30.7 Å². The molecular weight excluding hydrogens is 234 g/mol. The van der Waals surface area contributed by atoms with E-state index in [1.807, 2.05) is 6.92 Å². The van der Waals surface area contributed by atoms with E-state index >= 15 is 0 Å². The van der Waals surface area contributed by atoms with Crippen molar-refractivity contribution in [1.82, 2.24) is 4.31 Å². The molecule has 0 amide bonds. The van der Waals surface area contributed by atoms with Crippen molar-refractivity contribution >= 4 is 10.0 Å². The van der Waals surface area contributed by atoms with Gasteiger partial charge in [-0.15, -0.1) is 0 Å². The van der Waals surface area contributed by atoms with Gasteiger partial charge in [0, 0.05) is 12.6 Å². The van der Waals surface area contributed by atoms with Crippen molar-refractivity contribution in [2.75, 3.05) is 12.8 Å². The van der Waals surface area contributed by atoms with Gasteiger partial charge < -0.3 is 0 Å². The van der Waals surface area contributed by atoms with Crippen molar-refractivity contribution < 1.29 is 8.42 Å². The lowest BCUT2D eigenvalue weighted by atomic mass is 9.91. The average molecular weight is 253 g/mol. The quantitative estimate of drug-likeness (QED) is 0.810. The van der Waals surface area contributed by atoms with Gasteiger partial charge in [-0.05, 0) is 30.9 Å². The summed E-state index contributed by atoms with van der Waals surface area (Å²) in [6.07, 6.45) is 2.94. The number of fused-ring (bicyclic) bond motifs is 1. The second kappa shape index (κ2) is 4.42. The molecule has 1 aromatic rings. The van der Waals surface area contributed by atoms with Crippen LogP contribution in [0.3, 0.4) is 0 Å². The van der Waals surface area contributed by atoms with Gasteiger partial charge in [0.25, 0.3) is 0 Å². The van der Waals surface area contributed by atoms with Gasteiger partial charge in [-0.25, -0.2) is 8.42 Å². The summed E-state index contributed by atoms with van der Waals surface area (Å²) >= 11 is 0. The minimum Gasteiger partial charge on any atom is -0.212 e. The Morgan fingerprint density at radius 2 is 2.12 bits per heavy atom. The SMILES string of the molecule is CC[C@@H]1c2ccc(C)cc2CCN1S(C)(=O)=O. The molecule has 94 valence electrons. The van der Waals surface area contributed by atoms with E-state index in [1.54, 1.807) is 4.31 Å². The van der Waals surface area contributed by atoms with Gasteiger partial charge in [0.1, 0.15) is 0 Å². The summed E-state index contributed by atoms with van der Waals surface area (Å²) in [6, 6.07) is 6.33. The van der Waals surface area contributed by atoms with Crippen LogP contribution < -0.4 is 0 Å². The molecule has 0 fully saturated rings. The molecule has 3 nitrogen and oxygen atoms in total. The Bertz CT molecular complexity index is 522. The first-order valence-corrected chi connectivity index (χ1v) is 7.84. The summed E-state index contributed by atoms with van der Waals surface area (Å²) in [4.78, 5) is 0. The molecule has 0 unspecified atom stereocenters. The summed E-state index contributed by atoms with van der Waals surface area (Å²) in [5.41, 5.74) is 3.72. The van der Waals surface area contributed by atoms with Crippen molar-refractivity contribution in [3.63, 3.8) is 0 Å². The second-order valence-corrected chi connectivity index (χ2v) is 6.69. The molecular formula is C13H19NO2S. The minimum absolute atomic E-state index is 0.00866. The molecule has 1 aliphatic rings. The number of aryl methyl sites for hydroxylation is 1. The number of hydrogen-bond acceptors (Lipinski definition) is 2. The van der Waals surface area contributed by atoms with E-state index < -0.39 is 10.0 Å². The van der Waals surface area contributed by atoms with Crippen LogP contribution >= 0.6 is 0 Å². The first kappa shape index (κ1) is 12.6.